The molecule has 0 aromatic carbocycles. The maximum absolute atomic E-state index is 12.2. The van der Waals surface area contributed by atoms with Crippen molar-refractivity contribution in [3.8, 4) is 0 Å². The van der Waals surface area contributed by atoms with E-state index in [9.17, 15) is 4.79 Å². The molecular formula is C13H24N2O2. The molecule has 4 nitrogen and oxygen atoms in total. The molecule has 17 heavy (non-hydrogen) atoms. The minimum Gasteiger partial charge on any atom is -0.465 e. The first kappa shape index (κ1) is 12.8. The highest BCUT2D eigenvalue weighted by atomic mass is 16.5. The Hall–Kier alpha value is -0.610. The average molecular weight is 240 g/mol. The van der Waals surface area contributed by atoms with Gasteiger partial charge in [0.2, 0.25) is 0 Å². The molecular weight excluding hydrogens is 216 g/mol. The molecule has 1 saturated heterocycles. The third kappa shape index (κ3) is 2.80. The number of nitrogens with one attached hydrogen (secondary N) is 1. The van der Waals surface area contributed by atoms with E-state index in [1.807, 2.05) is 6.92 Å². The van der Waals surface area contributed by atoms with Crippen LogP contribution in [0.4, 0.5) is 0 Å². The Kier molecular flexibility index (Phi) is 3.73. The van der Waals surface area contributed by atoms with Gasteiger partial charge in [-0.3, -0.25) is 10.2 Å². The first-order valence-corrected chi connectivity index (χ1v) is 6.76. The van der Waals surface area contributed by atoms with E-state index >= 15 is 0 Å². The number of hydrogen-bond donors (Lipinski definition) is 1. The fraction of sp³-hybridized carbons (Fsp3) is 0.923. The summed E-state index contributed by atoms with van der Waals surface area (Å²) in [5, 5.41) is 3.44. The second kappa shape index (κ2) is 4.94. The third-order valence-electron chi connectivity index (χ3n) is 3.59. The number of carbonyl (C=O) groups excluding carboxylic acids is 1. The van der Waals surface area contributed by atoms with E-state index in [2.05, 4.69) is 24.1 Å². The van der Waals surface area contributed by atoms with Gasteiger partial charge in [0.15, 0.2) is 0 Å². The number of rotatable bonds is 5. The lowest BCUT2D eigenvalue weighted by Gasteiger charge is -2.30. The molecule has 1 atom stereocenters. The van der Waals surface area contributed by atoms with Crippen molar-refractivity contribution in [1.29, 1.82) is 0 Å². The predicted molar refractivity (Wildman–Crippen MR) is 66.8 cm³/mol. The molecule has 0 spiro atoms. The summed E-state index contributed by atoms with van der Waals surface area (Å²) in [6.45, 7) is 8.33. The summed E-state index contributed by atoms with van der Waals surface area (Å²) in [5.41, 5.74) is -0.466. The molecule has 2 rings (SSSR count). The SMILES string of the molecule is CCOC(=O)C1(NC(C)C)CCN(C2CC2)C1. The molecule has 1 heterocycles. The molecule has 98 valence electrons. The van der Waals surface area contributed by atoms with Crippen LogP contribution in [-0.2, 0) is 9.53 Å². The van der Waals surface area contributed by atoms with Gasteiger partial charge in [0, 0.05) is 25.2 Å². The van der Waals surface area contributed by atoms with Crippen molar-refractivity contribution < 1.29 is 9.53 Å². The van der Waals surface area contributed by atoms with Gasteiger partial charge in [0.1, 0.15) is 5.54 Å². The second-order valence-electron chi connectivity index (χ2n) is 5.55. The Bertz CT molecular complexity index is 289. The molecule has 1 unspecified atom stereocenters. The highest BCUT2D eigenvalue weighted by molar-refractivity contribution is 5.81. The summed E-state index contributed by atoms with van der Waals surface area (Å²) in [6.07, 6.45) is 3.46. The maximum atomic E-state index is 12.2. The van der Waals surface area contributed by atoms with Crippen LogP contribution >= 0.6 is 0 Å². The zero-order chi connectivity index (χ0) is 12.5. The quantitative estimate of drug-likeness (QED) is 0.732. The van der Waals surface area contributed by atoms with Gasteiger partial charge in [0.25, 0.3) is 0 Å². The van der Waals surface area contributed by atoms with E-state index in [0.717, 1.165) is 25.6 Å². The van der Waals surface area contributed by atoms with Crippen LogP contribution in [-0.4, -0.2) is 48.2 Å². The zero-order valence-corrected chi connectivity index (χ0v) is 11.2. The van der Waals surface area contributed by atoms with Crippen molar-refractivity contribution in [1.82, 2.24) is 10.2 Å². The Morgan fingerprint density at radius 2 is 2.24 bits per heavy atom. The Morgan fingerprint density at radius 1 is 1.53 bits per heavy atom. The van der Waals surface area contributed by atoms with E-state index in [4.69, 9.17) is 4.74 Å². The van der Waals surface area contributed by atoms with E-state index < -0.39 is 5.54 Å². The molecule has 0 radical (unpaired) electrons. The number of ether oxygens (including phenoxy) is 1. The van der Waals surface area contributed by atoms with Crippen LogP contribution in [0.5, 0.6) is 0 Å². The Morgan fingerprint density at radius 3 is 2.76 bits per heavy atom. The molecule has 2 fully saturated rings. The van der Waals surface area contributed by atoms with Crippen molar-refractivity contribution in [3.63, 3.8) is 0 Å². The van der Waals surface area contributed by atoms with Crippen molar-refractivity contribution in [2.24, 2.45) is 0 Å². The minimum atomic E-state index is -0.466. The molecule has 0 aromatic heterocycles. The van der Waals surface area contributed by atoms with Gasteiger partial charge < -0.3 is 4.74 Å². The van der Waals surface area contributed by atoms with E-state index in [1.165, 1.54) is 12.8 Å². The van der Waals surface area contributed by atoms with Crippen LogP contribution in [0.3, 0.4) is 0 Å². The smallest absolute Gasteiger partial charge is 0.327 e. The van der Waals surface area contributed by atoms with Gasteiger partial charge in [-0.05, 0) is 40.0 Å². The van der Waals surface area contributed by atoms with Crippen LogP contribution < -0.4 is 5.32 Å². The second-order valence-corrected chi connectivity index (χ2v) is 5.55. The molecule has 1 saturated carbocycles. The van der Waals surface area contributed by atoms with Gasteiger partial charge in [0.05, 0.1) is 6.61 Å². The first-order chi connectivity index (χ1) is 8.07. The molecule has 1 aliphatic heterocycles. The lowest BCUT2D eigenvalue weighted by molar-refractivity contribution is -0.151. The average Bonchev–Trinajstić information content (AvgIpc) is 3.01. The number of likely N-dealkylation sites (tertiary alicyclic amines) is 1. The van der Waals surface area contributed by atoms with Gasteiger partial charge in [-0.1, -0.05) is 0 Å². The monoisotopic (exact) mass is 240 g/mol. The zero-order valence-electron chi connectivity index (χ0n) is 11.2. The summed E-state index contributed by atoms with van der Waals surface area (Å²) in [7, 11) is 0. The van der Waals surface area contributed by atoms with Crippen molar-refractivity contribution in [2.45, 2.75) is 57.7 Å². The number of nitrogens with zero attached hydrogens (tertiary/aromatic N) is 1. The van der Waals surface area contributed by atoms with Crippen molar-refractivity contribution >= 4 is 5.97 Å². The lowest BCUT2D eigenvalue weighted by atomic mass is 9.97. The van der Waals surface area contributed by atoms with Gasteiger partial charge in [-0.2, -0.15) is 0 Å². The van der Waals surface area contributed by atoms with Crippen LogP contribution in [0.2, 0.25) is 0 Å². The fourth-order valence-corrected chi connectivity index (χ4v) is 2.76. The summed E-state index contributed by atoms with van der Waals surface area (Å²) >= 11 is 0. The molecule has 1 aliphatic carbocycles. The van der Waals surface area contributed by atoms with Crippen LogP contribution in [0.1, 0.15) is 40.0 Å². The summed E-state index contributed by atoms with van der Waals surface area (Å²) < 4.78 is 5.25. The summed E-state index contributed by atoms with van der Waals surface area (Å²) in [5.74, 6) is -0.0724. The lowest BCUT2D eigenvalue weighted by Crippen LogP contribution is -2.57. The predicted octanol–water partition coefficient (Wildman–Crippen LogP) is 1.15. The topological polar surface area (TPSA) is 41.6 Å². The molecule has 0 aromatic rings. The van der Waals surface area contributed by atoms with E-state index in [1.54, 1.807) is 0 Å². The van der Waals surface area contributed by atoms with Crippen LogP contribution in [0.25, 0.3) is 0 Å². The molecule has 0 bridgehead atoms. The molecule has 1 N–H and O–H groups in total. The van der Waals surface area contributed by atoms with E-state index in [-0.39, 0.29) is 5.97 Å². The Labute approximate surface area is 104 Å². The molecule has 0 amide bonds. The van der Waals surface area contributed by atoms with Crippen LogP contribution in [0.15, 0.2) is 0 Å². The highest BCUT2D eigenvalue weighted by Crippen LogP contribution is 2.34. The molecule has 4 heteroatoms. The summed E-state index contributed by atoms with van der Waals surface area (Å²) in [4.78, 5) is 14.6. The first-order valence-electron chi connectivity index (χ1n) is 6.76. The van der Waals surface area contributed by atoms with Gasteiger partial charge >= 0.3 is 5.97 Å². The fourth-order valence-electron chi connectivity index (χ4n) is 2.76. The van der Waals surface area contributed by atoms with Crippen LogP contribution in [0, 0.1) is 0 Å². The van der Waals surface area contributed by atoms with Gasteiger partial charge in [-0.25, -0.2) is 4.79 Å². The van der Waals surface area contributed by atoms with Crippen molar-refractivity contribution in [3.05, 3.63) is 0 Å². The molecule has 2 aliphatic rings. The minimum absolute atomic E-state index is 0.0724. The number of hydrogen-bond acceptors (Lipinski definition) is 4. The van der Waals surface area contributed by atoms with E-state index in [0.29, 0.717) is 12.6 Å². The third-order valence-corrected chi connectivity index (χ3v) is 3.59. The highest BCUT2D eigenvalue weighted by Gasteiger charge is 2.49. The normalized spacial score (nSPS) is 29.9. The maximum Gasteiger partial charge on any atom is 0.327 e. The van der Waals surface area contributed by atoms with Gasteiger partial charge in [-0.15, -0.1) is 0 Å². The van der Waals surface area contributed by atoms with Crippen molar-refractivity contribution in [2.75, 3.05) is 19.7 Å². The Balaban J connectivity index is 2.04. The number of carbonyl (C=O) groups is 1. The summed E-state index contributed by atoms with van der Waals surface area (Å²) in [6, 6.07) is 1.03. The standard InChI is InChI=1S/C13H24N2O2/c1-4-17-12(16)13(14-10(2)3)7-8-15(9-13)11-5-6-11/h10-11,14H,4-9H2,1-3H3. The largest absolute Gasteiger partial charge is 0.465 e. The number of esters is 1.